The van der Waals surface area contributed by atoms with E-state index in [0.29, 0.717) is 6.42 Å². The number of hydrogen-bond donors (Lipinski definition) is 0. The number of rotatable bonds is 2. The highest BCUT2D eigenvalue weighted by atomic mass is 79.9. The van der Waals surface area contributed by atoms with Gasteiger partial charge in [-0.2, -0.15) is 4.40 Å². The molecule has 0 spiro atoms. The Morgan fingerprint density at radius 3 is 2.54 bits per heavy atom. The first-order valence-corrected chi connectivity index (χ1v) is 9.75. The third-order valence-electron chi connectivity index (χ3n) is 3.79. The lowest BCUT2D eigenvalue weighted by atomic mass is 9.96. The maximum absolute atomic E-state index is 12.5. The monoisotopic (exact) mass is 405 g/mol. The smallest absolute Gasteiger partial charge is 0.145 e. The first kappa shape index (κ1) is 17.4. The average molecular weight is 406 g/mol. The zero-order valence-corrected chi connectivity index (χ0v) is 16.4. The van der Waals surface area contributed by atoms with Crippen molar-refractivity contribution in [1.82, 2.24) is 0 Å². The Morgan fingerprint density at radius 1 is 1.17 bits per heavy atom. The molecule has 126 valence electrons. The van der Waals surface area contributed by atoms with Crippen molar-refractivity contribution in [3.8, 4) is 5.75 Å². The molecular formula is C19H20BrNO2S. The summed E-state index contributed by atoms with van der Waals surface area (Å²) in [6.07, 6.45) is 0.491. The lowest BCUT2D eigenvalue weighted by molar-refractivity contribution is 0.206. The molecule has 2 aromatic carbocycles. The van der Waals surface area contributed by atoms with E-state index in [1.807, 2.05) is 69.3 Å². The molecule has 0 bridgehead atoms. The summed E-state index contributed by atoms with van der Waals surface area (Å²) >= 11 is 3.50. The highest BCUT2D eigenvalue weighted by Gasteiger charge is 2.28. The molecule has 0 saturated heterocycles. The van der Waals surface area contributed by atoms with Crippen molar-refractivity contribution in [1.29, 1.82) is 0 Å². The zero-order valence-electron chi connectivity index (χ0n) is 14.0. The standard InChI is InChI=1S/C19H20BrNO2S/c1-19(2,3)24(22)21-16-12-18(13-7-5-4-6-8-13)23-17-10-9-14(20)11-15(16)17/h4-11,18H,12H2,1-3H3/t18?,24-/m1/s1. The van der Waals surface area contributed by atoms with E-state index in [1.165, 1.54) is 0 Å². The van der Waals surface area contributed by atoms with Crippen molar-refractivity contribution < 1.29 is 8.95 Å². The molecule has 0 aromatic heterocycles. The number of ether oxygens (including phenoxy) is 1. The molecule has 0 radical (unpaired) electrons. The van der Waals surface area contributed by atoms with Gasteiger partial charge in [0, 0.05) is 16.5 Å². The van der Waals surface area contributed by atoms with E-state index in [0.717, 1.165) is 27.1 Å². The van der Waals surface area contributed by atoms with Gasteiger partial charge in [0.05, 0.1) is 10.5 Å². The lowest BCUT2D eigenvalue weighted by Gasteiger charge is -2.28. The van der Waals surface area contributed by atoms with Crippen molar-refractivity contribution >= 4 is 32.6 Å². The second kappa shape index (κ2) is 6.81. The summed E-state index contributed by atoms with van der Waals surface area (Å²) < 4.78 is 23.8. The summed E-state index contributed by atoms with van der Waals surface area (Å²) in [6, 6.07) is 15.9. The number of hydrogen-bond acceptors (Lipinski definition) is 2. The van der Waals surface area contributed by atoms with E-state index in [4.69, 9.17) is 4.74 Å². The maximum atomic E-state index is 12.5. The van der Waals surface area contributed by atoms with Crippen LogP contribution in [0.1, 0.15) is 44.4 Å². The molecule has 24 heavy (non-hydrogen) atoms. The summed E-state index contributed by atoms with van der Waals surface area (Å²) in [4.78, 5) is 0. The lowest BCUT2D eigenvalue weighted by Crippen LogP contribution is -2.25. The van der Waals surface area contributed by atoms with Gasteiger partial charge in [-0.05, 0) is 44.5 Å². The van der Waals surface area contributed by atoms with Gasteiger partial charge in [-0.15, -0.1) is 0 Å². The fourth-order valence-electron chi connectivity index (χ4n) is 2.49. The highest BCUT2D eigenvalue weighted by Crippen LogP contribution is 2.37. The predicted molar refractivity (Wildman–Crippen MR) is 103 cm³/mol. The van der Waals surface area contributed by atoms with Crippen molar-refractivity contribution in [2.45, 2.75) is 38.0 Å². The largest absolute Gasteiger partial charge is 0.485 e. The molecule has 1 heterocycles. The second-order valence-corrected chi connectivity index (χ2v) is 9.58. The summed E-state index contributed by atoms with van der Waals surface area (Å²) in [7, 11) is -1.30. The van der Waals surface area contributed by atoms with Gasteiger partial charge in [0.2, 0.25) is 0 Å². The van der Waals surface area contributed by atoms with Crippen LogP contribution in [0.4, 0.5) is 0 Å². The molecule has 0 aliphatic carbocycles. The van der Waals surface area contributed by atoms with Crippen molar-refractivity contribution in [2.75, 3.05) is 0 Å². The molecule has 0 fully saturated rings. The zero-order chi connectivity index (χ0) is 17.3. The van der Waals surface area contributed by atoms with Crippen LogP contribution in [0.2, 0.25) is 0 Å². The van der Waals surface area contributed by atoms with Crippen LogP contribution in [-0.2, 0) is 11.0 Å². The molecule has 2 atom stereocenters. The summed E-state index contributed by atoms with van der Waals surface area (Å²) in [5, 5.41) is 0. The van der Waals surface area contributed by atoms with Crippen LogP contribution in [0.3, 0.4) is 0 Å². The molecule has 3 nitrogen and oxygen atoms in total. The maximum Gasteiger partial charge on any atom is 0.145 e. The molecule has 1 aliphatic rings. The molecule has 0 amide bonds. The quantitative estimate of drug-likeness (QED) is 0.686. The van der Waals surface area contributed by atoms with Gasteiger partial charge in [0.25, 0.3) is 0 Å². The Bertz CT molecular complexity index is 797. The molecular weight excluding hydrogens is 386 g/mol. The van der Waals surface area contributed by atoms with Crippen molar-refractivity contribution in [2.24, 2.45) is 4.40 Å². The molecule has 3 rings (SSSR count). The van der Waals surface area contributed by atoms with Crippen LogP contribution in [0, 0.1) is 0 Å². The fourth-order valence-corrected chi connectivity index (χ4v) is 3.50. The molecule has 1 unspecified atom stereocenters. The Morgan fingerprint density at radius 2 is 1.88 bits per heavy atom. The van der Waals surface area contributed by atoms with Gasteiger partial charge in [-0.1, -0.05) is 46.3 Å². The van der Waals surface area contributed by atoms with Crippen LogP contribution in [0.15, 0.2) is 57.4 Å². The van der Waals surface area contributed by atoms with Crippen LogP contribution in [-0.4, -0.2) is 14.7 Å². The number of halogens is 1. The van der Waals surface area contributed by atoms with E-state index in [9.17, 15) is 4.21 Å². The van der Waals surface area contributed by atoms with Gasteiger partial charge in [0.15, 0.2) is 0 Å². The molecule has 2 aromatic rings. The predicted octanol–water partition coefficient (Wildman–Crippen LogP) is 5.22. The Labute approximate surface area is 153 Å². The van der Waals surface area contributed by atoms with E-state index >= 15 is 0 Å². The fraction of sp³-hybridized carbons (Fsp3) is 0.316. The third kappa shape index (κ3) is 3.78. The first-order valence-electron chi connectivity index (χ1n) is 7.85. The van der Waals surface area contributed by atoms with Gasteiger partial charge in [0.1, 0.15) is 22.8 Å². The van der Waals surface area contributed by atoms with Crippen LogP contribution in [0.25, 0.3) is 0 Å². The Kier molecular flexibility index (Phi) is 4.92. The number of nitrogens with zero attached hydrogens (tertiary/aromatic N) is 1. The number of fused-ring (bicyclic) bond motifs is 1. The summed E-state index contributed by atoms with van der Waals surface area (Å²) in [6.45, 7) is 5.80. The molecule has 0 saturated carbocycles. The van der Waals surface area contributed by atoms with E-state index in [2.05, 4.69) is 20.3 Å². The summed E-state index contributed by atoms with van der Waals surface area (Å²) in [5.41, 5.74) is 2.84. The van der Waals surface area contributed by atoms with Gasteiger partial charge in [-0.3, -0.25) is 0 Å². The molecule has 0 N–H and O–H groups in total. The summed E-state index contributed by atoms with van der Waals surface area (Å²) in [5.74, 6) is 0.781. The molecule has 1 aliphatic heterocycles. The topological polar surface area (TPSA) is 38.7 Å². The van der Waals surface area contributed by atoms with Gasteiger partial charge >= 0.3 is 0 Å². The second-order valence-electron chi connectivity index (χ2n) is 6.76. The minimum atomic E-state index is -1.30. The van der Waals surface area contributed by atoms with E-state index in [-0.39, 0.29) is 10.9 Å². The Balaban J connectivity index is 2.05. The van der Waals surface area contributed by atoms with Crippen molar-refractivity contribution in [3.63, 3.8) is 0 Å². The van der Waals surface area contributed by atoms with Gasteiger partial charge < -0.3 is 4.74 Å². The highest BCUT2D eigenvalue weighted by molar-refractivity contribution is 9.10. The SMILES string of the molecule is CC(C)(C)[S@@](=O)N=C1CC(c2ccccc2)Oc2ccc(Br)cc21. The Hall–Kier alpha value is -1.46. The average Bonchev–Trinajstić information content (AvgIpc) is 2.55. The van der Waals surface area contributed by atoms with Crippen LogP contribution >= 0.6 is 15.9 Å². The van der Waals surface area contributed by atoms with E-state index < -0.39 is 11.0 Å². The van der Waals surface area contributed by atoms with Crippen molar-refractivity contribution in [3.05, 3.63) is 64.1 Å². The number of benzene rings is 2. The van der Waals surface area contributed by atoms with Gasteiger partial charge in [-0.25, -0.2) is 4.21 Å². The third-order valence-corrected chi connectivity index (χ3v) is 5.72. The molecule has 5 heteroatoms. The minimum Gasteiger partial charge on any atom is -0.485 e. The normalized spacial score (nSPS) is 20.3. The minimum absolute atomic E-state index is 0.115. The van der Waals surface area contributed by atoms with E-state index in [1.54, 1.807) is 0 Å². The van der Waals surface area contributed by atoms with Crippen LogP contribution in [0.5, 0.6) is 5.75 Å². The first-order chi connectivity index (χ1) is 11.3. The van der Waals surface area contributed by atoms with Crippen LogP contribution < -0.4 is 4.74 Å².